The van der Waals surface area contributed by atoms with Crippen LogP contribution in [-0.2, 0) is 11.4 Å². The molecule has 1 fully saturated rings. The maximum atomic E-state index is 11.9. The van der Waals surface area contributed by atoms with Gasteiger partial charge in [0.2, 0.25) is 0 Å². The van der Waals surface area contributed by atoms with Crippen molar-refractivity contribution >= 4 is 18.4 Å². The second kappa shape index (κ2) is 13.3. The van der Waals surface area contributed by atoms with Gasteiger partial charge < -0.3 is 20.7 Å². The van der Waals surface area contributed by atoms with E-state index in [1.807, 2.05) is 47.1 Å². The molecule has 2 aliphatic rings. The summed E-state index contributed by atoms with van der Waals surface area (Å²) in [6.45, 7) is 6.56. The summed E-state index contributed by atoms with van der Waals surface area (Å²) in [5.41, 5.74) is 7.65. The molecule has 0 saturated carbocycles. The third kappa shape index (κ3) is 6.24. The first kappa shape index (κ1) is 26.8. The van der Waals surface area contributed by atoms with Gasteiger partial charge in [-0.05, 0) is 63.0 Å². The molecule has 9 nitrogen and oxygen atoms in total. The molecule has 0 spiro atoms. The molecule has 3 aromatic rings. The summed E-state index contributed by atoms with van der Waals surface area (Å²) < 4.78 is 7.87. The monoisotopic (exact) mass is 490 g/mol. The number of nitrogens with two attached hydrogens (primary N) is 1. The first-order valence-electron chi connectivity index (χ1n) is 11.9. The fraction of sp³-hybridized carbons (Fsp3) is 0.333. The molecular weight excluding hydrogens is 456 g/mol. The van der Waals surface area contributed by atoms with Crippen LogP contribution in [0.2, 0.25) is 0 Å². The molecule has 0 amide bonds. The van der Waals surface area contributed by atoms with Crippen molar-refractivity contribution in [2.24, 2.45) is 11.7 Å². The number of likely N-dealkylation sites (tertiary alicyclic amines) is 1. The van der Waals surface area contributed by atoms with Crippen molar-refractivity contribution in [3.8, 4) is 17.0 Å². The van der Waals surface area contributed by atoms with Gasteiger partial charge in [0.1, 0.15) is 30.2 Å². The minimum Gasteiger partial charge on any atom is -0.487 e. The molecule has 36 heavy (non-hydrogen) atoms. The van der Waals surface area contributed by atoms with Crippen LogP contribution in [0.3, 0.4) is 0 Å². The smallest absolute Gasteiger partial charge is 0.156 e. The summed E-state index contributed by atoms with van der Waals surface area (Å²) in [4.78, 5) is 27.6. The van der Waals surface area contributed by atoms with Crippen LogP contribution in [0, 0.1) is 5.92 Å². The fourth-order valence-corrected chi connectivity index (χ4v) is 4.42. The highest BCUT2D eigenvalue weighted by atomic mass is 16.5. The molecule has 2 aliphatic heterocycles. The molecule has 0 bridgehead atoms. The van der Waals surface area contributed by atoms with Gasteiger partial charge in [-0.25, -0.2) is 4.68 Å². The summed E-state index contributed by atoms with van der Waals surface area (Å²) in [7, 11) is 3.64. The Morgan fingerprint density at radius 2 is 1.89 bits per heavy atom. The third-order valence-corrected chi connectivity index (χ3v) is 6.08. The van der Waals surface area contributed by atoms with Crippen molar-refractivity contribution in [1.82, 2.24) is 19.7 Å². The number of carbonyl (C=O) groups is 2. The van der Waals surface area contributed by atoms with Crippen LogP contribution in [0.15, 0.2) is 61.3 Å². The lowest BCUT2D eigenvalue weighted by Gasteiger charge is -2.43. The van der Waals surface area contributed by atoms with E-state index >= 15 is 0 Å². The largest absolute Gasteiger partial charge is 0.487 e. The molecule has 3 N–H and O–H groups in total. The quantitative estimate of drug-likeness (QED) is 0.383. The Hall–Kier alpha value is -3.82. The number of nitrogens with one attached hydrogen (secondary N) is 1. The first-order chi connectivity index (χ1) is 17.6. The lowest BCUT2D eigenvalue weighted by atomic mass is 9.89. The topological polar surface area (TPSA) is 115 Å². The van der Waals surface area contributed by atoms with Crippen LogP contribution in [-0.4, -0.2) is 66.0 Å². The number of anilines is 1. The van der Waals surface area contributed by atoms with Gasteiger partial charge in [-0.1, -0.05) is 12.6 Å². The highest BCUT2D eigenvalue weighted by molar-refractivity contribution is 5.92. The molecule has 1 unspecified atom stereocenters. The summed E-state index contributed by atoms with van der Waals surface area (Å²) >= 11 is 0. The lowest BCUT2D eigenvalue weighted by molar-refractivity contribution is -0.104. The zero-order valence-corrected chi connectivity index (χ0v) is 20.8. The molecule has 4 heterocycles. The van der Waals surface area contributed by atoms with Gasteiger partial charge in [0.15, 0.2) is 6.29 Å². The molecular formula is C27H34N6O3. The van der Waals surface area contributed by atoms with Crippen LogP contribution in [0.25, 0.3) is 11.3 Å². The number of aromatic nitrogens is 3. The number of pyridine rings is 1. The second-order valence-electron chi connectivity index (χ2n) is 8.44. The maximum absolute atomic E-state index is 11.9. The normalized spacial score (nSPS) is 16.5. The number of hydrogen-bond acceptors (Lipinski definition) is 8. The van der Waals surface area contributed by atoms with E-state index < -0.39 is 0 Å². The van der Waals surface area contributed by atoms with E-state index in [2.05, 4.69) is 34.6 Å². The molecule has 2 aromatic heterocycles. The van der Waals surface area contributed by atoms with Crippen LogP contribution in [0.1, 0.15) is 28.5 Å². The van der Waals surface area contributed by atoms with Gasteiger partial charge in [0.05, 0.1) is 17.3 Å². The summed E-state index contributed by atoms with van der Waals surface area (Å²) in [6, 6.07) is 13.8. The Labute approximate surface area is 212 Å². The van der Waals surface area contributed by atoms with Crippen molar-refractivity contribution in [3.05, 3.63) is 72.6 Å². The number of aldehydes is 2. The zero-order valence-electron chi connectivity index (χ0n) is 20.8. The molecule has 9 heteroatoms. The Balaban J connectivity index is 0.000000550. The van der Waals surface area contributed by atoms with E-state index in [4.69, 9.17) is 14.6 Å². The van der Waals surface area contributed by atoms with E-state index in [1.54, 1.807) is 6.20 Å². The Kier molecular flexibility index (Phi) is 9.91. The summed E-state index contributed by atoms with van der Waals surface area (Å²) in [5, 5.41) is 8.27. The van der Waals surface area contributed by atoms with E-state index in [1.165, 1.54) is 13.1 Å². The lowest BCUT2D eigenvalue weighted by Crippen LogP contribution is -2.49. The Bertz CT molecular complexity index is 1120. The highest BCUT2D eigenvalue weighted by Gasteiger charge is 2.37. The standard InChI is InChI=1S/C23H25N5O2.C3H4O.CH5N/c1-27-12-17(13-27)21-9-11-25-23-20(14-29)22(26-28(21)23)16-5-7-19(8-6-16)30-15-18-4-2-3-10-24-18;1-2-3-4;1-2/h2-8,10,14,17,21,25H,9,11-13,15H2,1H3;2-3H,1H2;2H2,1H3. The number of benzene rings is 1. The summed E-state index contributed by atoms with van der Waals surface area (Å²) in [6.07, 6.45) is 5.54. The Morgan fingerprint density at radius 1 is 1.17 bits per heavy atom. The van der Waals surface area contributed by atoms with Gasteiger partial charge in [-0.15, -0.1) is 0 Å². The Morgan fingerprint density at radius 3 is 2.47 bits per heavy atom. The number of carbonyl (C=O) groups excluding carboxylic acids is 2. The molecule has 0 radical (unpaired) electrons. The number of fused-ring (bicyclic) bond motifs is 1. The van der Waals surface area contributed by atoms with Gasteiger partial charge in [0, 0.05) is 37.3 Å². The van der Waals surface area contributed by atoms with Gasteiger partial charge in [-0.3, -0.25) is 14.6 Å². The van der Waals surface area contributed by atoms with Crippen LogP contribution in [0.4, 0.5) is 5.82 Å². The van der Waals surface area contributed by atoms with Gasteiger partial charge in [0.25, 0.3) is 0 Å². The molecule has 1 atom stereocenters. The van der Waals surface area contributed by atoms with Crippen molar-refractivity contribution in [2.75, 3.05) is 39.0 Å². The number of ether oxygens (including phenoxy) is 1. The van der Waals surface area contributed by atoms with Crippen LogP contribution < -0.4 is 15.8 Å². The van der Waals surface area contributed by atoms with Crippen molar-refractivity contribution in [3.63, 3.8) is 0 Å². The number of allylic oxidation sites excluding steroid dienone is 1. The molecule has 1 saturated heterocycles. The SMILES string of the molecule is C=CC=O.CN.CN1CC(C2CCNc3c(C=O)c(-c4ccc(OCc5ccccn5)cc4)nn32)C1. The molecule has 0 aliphatic carbocycles. The second-order valence-corrected chi connectivity index (χ2v) is 8.44. The van der Waals surface area contributed by atoms with Crippen LogP contribution >= 0.6 is 0 Å². The zero-order chi connectivity index (χ0) is 25.9. The van der Waals surface area contributed by atoms with Crippen LogP contribution in [0.5, 0.6) is 5.75 Å². The number of hydrogen-bond donors (Lipinski definition) is 2. The third-order valence-electron chi connectivity index (χ3n) is 6.08. The predicted molar refractivity (Wildman–Crippen MR) is 141 cm³/mol. The minimum atomic E-state index is 0.339. The van der Waals surface area contributed by atoms with Crippen molar-refractivity contribution in [1.29, 1.82) is 0 Å². The number of nitrogens with zero attached hydrogens (tertiary/aromatic N) is 4. The minimum absolute atomic E-state index is 0.339. The van der Waals surface area contributed by atoms with E-state index in [0.29, 0.717) is 30.4 Å². The average molecular weight is 491 g/mol. The first-order valence-corrected chi connectivity index (χ1v) is 11.9. The van der Waals surface area contributed by atoms with E-state index in [-0.39, 0.29) is 0 Å². The maximum Gasteiger partial charge on any atom is 0.156 e. The fourth-order valence-electron chi connectivity index (χ4n) is 4.42. The summed E-state index contributed by atoms with van der Waals surface area (Å²) in [5.74, 6) is 2.20. The molecule has 1 aromatic carbocycles. The molecule has 190 valence electrons. The van der Waals surface area contributed by atoms with Gasteiger partial charge in [-0.2, -0.15) is 5.10 Å². The van der Waals surface area contributed by atoms with E-state index in [0.717, 1.165) is 60.9 Å². The average Bonchev–Trinajstić information content (AvgIpc) is 3.31. The number of rotatable bonds is 7. The van der Waals surface area contributed by atoms with Crippen molar-refractivity contribution < 1.29 is 14.3 Å². The predicted octanol–water partition coefficient (Wildman–Crippen LogP) is 3.20. The van der Waals surface area contributed by atoms with Crippen molar-refractivity contribution in [2.45, 2.75) is 19.1 Å². The highest BCUT2D eigenvalue weighted by Crippen LogP contribution is 2.38. The van der Waals surface area contributed by atoms with E-state index in [9.17, 15) is 4.79 Å². The van der Waals surface area contributed by atoms with Gasteiger partial charge >= 0.3 is 0 Å². The molecule has 5 rings (SSSR count).